The quantitative estimate of drug-likeness (QED) is 0.619. The maximum atomic E-state index is 5.08. The van der Waals surface area contributed by atoms with E-state index in [9.17, 15) is 0 Å². The van der Waals surface area contributed by atoms with Crippen LogP contribution in [0.15, 0.2) is 30.3 Å². The smallest absolute Gasteiger partial charge is 0.0587 e. The highest BCUT2D eigenvalue weighted by Crippen LogP contribution is 2.18. The molecule has 0 aliphatic heterocycles. The maximum Gasteiger partial charge on any atom is 0.0587 e. The molecule has 0 aromatic heterocycles. The van der Waals surface area contributed by atoms with E-state index in [1.807, 2.05) is 0 Å². The van der Waals surface area contributed by atoms with E-state index in [0.717, 1.165) is 31.5 Å². The summed E-state index contributed by atoms with van der Waals surface area (Å²) < 4.78 is 5.08. The maximum absolute atomic E-state index is 5.08. The lowest BCUT2D eigenvalue weighted by atomic mass is 9.91. The molecule has 0 saturated heterocycles. The Hall–Kier alpha value is -0.860. The normalized spacial score (nSPS) is 12.8. The van der Waals surface area contributed by atoms with E-state index in [-0.39, 0.29) is 0 Å². The molecule has 0 amide bonds. The highest BCUT2D eigenvalue weighted by molar-refractivity contribution is 5.14. The zero-order valence-corrected chi connectivity index (χ0v) is 13.4. The highest BCUT2D eigenvalue weighted by atomic mass is 16.5. The average Bonchev–Trinajstić information content (AvgIpc) is 2.44. The van der Waals surface area contributed by atoms with Crippen LogP contribution in [0.2, 0.25) is 0 Å². The van der Waals surface area contributed by atoms with Crippen LogP contribution in [0.3, 0.4) is 0 Å². The fourth-order valence-electron chi connectivity index (χ4n) is 2.69. The Kier molecular flexibility index (Phi) is 9.35. The van der Waals surface area contributed by atoms with Gasteiger partial charge in [-0.2, -0.15) is 0 Å². The number of ether oxygens (including phenoxy) is 1. The molecule has 0 fully saturated rings. The second kappa shape index (κ2) is 10.9. The molecule has 0 saturated carbocycles. The molecule has 1 atom stereocenters. The minimum absolute atomic E-state index is 0.779. The molecule has 0 spiro atoms. The van der Waals surface area contributed by atoms with Crippen LogP contribution >= 0.6 is 0 Å². The largest absolute Gasteiger partial charge is 0.383 e. The summed E-state index contributed by atoms with van der Waals surface area (Å²) in [6, 6.07) is 10.8. The van der Waals surface area contributed by atoms with Gasteiger partial charge in [0.25, 0.3) is 0 Å². The van der Waals surface area contributed by atoms with Crippen molar-refractivity contribution in [2.45, 2.75) is 39.5 Å². The number of rotatable bonds is 11. The molecule has 1 unspecified atom stereocenters. The summed E-state index contributed by atoms with van der Waals surface area (Å²) in [5, 5.41) is 3.52. The predicted molar refractivity (Wildman–Crippen MR) is 87.1 cm³/mol. The summed E-state index contributed by atoms with van der Waals surface area (Å²) >= 11 is 0. The van der Waals surface area contributed by atoms with Crippen LogP contribution in [-0.2, 0) is 11.2 Å². The van der Waals surface area contributed by atoms with Gasteiger partial charge in [-0.25, -0.2) is 0 Å². The van der Waals surface area contributed by atoms with Gasteiger partial charge in [0.2, 0.25) is 0 Å². The molecule has 1 rings (SSSR count). The summed E-state index contributed by atoms with van der Waals surface area (Å²) in [5.41, 5.74) is 1.46. The first kappa shape index (κ1) is 17.2. The molecule has 2 heteroatoms. The number of hydrogen-bond acceptors (Lipinski definition) is 2. The second-order valence-corrected chi connectivity index (χ2v) is 6.07. The Bertz CT molecular complexity index is 323. The molecule has 0 aliphatic carbocycles. The average molecular weight is 277 g/mol. The van der Waals surface area contributed by atoms with Crippen LogP contribution < -0.4 is 5.32 Å². The molecule has 1 aromatic carbocycles. The lowest BCUT2D eigenvalue weighted by molar-refractivity contribution is 0.196. The van der Waals surface area contributed by atoms with Gasteiger partial charge in [0.05, 0.1) is 6.61 Å². The SMILES string of the molecule is COCCNCC(CCCc1ccccc1)CC(C)C. The Morgan fingerprint density at radius 2 is 1.90 bits per heavy atom. The van der Waals surface area contributed by atoms with E-state index < -0.39 is 0 Å². The van der Waals surface area contributed by atoms with Crippen molar-refractivity contribution in [3.8, 4) is 0 Å². The second-order valence-electron chi connectivity index (χ2n) is 6.07. The zero-order valence-electron chi connectivity index (χ0n) is 13.4. The van der Waals surface area contributed by atoms with Gasteiger partial charge in [0, 0.05) is 13.7 Å². The van der Waals surface area contributed by atoms with Crippen molar-refractivity contribution in [2.75, 3.05) is 26.8 Å². The van der Waals surface area contributed by atoms with Crippen LogP contribution in [0, 0.1) is 11.8 Å². The lowest BCUT2D eigenvalue weighted by Crippen LogP contribution is -2.27. The van der Waals surface area contributed by atoms with Gasteiger partial charge in [-0.1, -0.05) is 44.2 Å². The molecular formula is C18H31NO. The van der Waals surface area contributed by atoms with Gasteiger partial charge in [-0.3, -0.25) is 0 Å². The van der Waals surface area contributed by atoms with Gasteiger partial charge >= 0.3 is 0 Å². The van der Waals surface area contributed by atoms with Crippen molar-refractivity contribution in [3.63, 3.8) is 0 Å². The van der Waals surface area contributed by atoms with E-state index in [0.29, 0.717) is 0 Å². The lowest BCUT2D eigenvalue weighted by Gasteiger charge is -2.19. The van der Waals surface area contributed by atoms with Crippen molar-refractivity contribution >= 4 is 0 Å². The Morgan fingerprint density at radius 1 is 1.15 bits per heavy atom. The van der Waals surface area contributed by atoms with Crippen LogP contribution in [0.1, 0.15) is 38.7 Å². The zero-order chi connectivity index (χ0) is 14.6. The Morgan fingerprint density at radius 3 is 2.55 bits per heavy atom. The minimum Gasteiger partial charge on any atom is -0.383 e. The standard InChI is InChI=1S/C18H31NO/c1-16(2)14-18(15-19-12-13-20-3)11-7-10-17-8-5-4-6-9-17/h4-6,8-9,16,18-19H,7,10-15H2,1-3H3. The fraction of sp³-hybridized carbons (Fsp3) is 0.667. The summed E-state index contributed by atoms with van der Waals surface area (Å²) in [5.74, 6) is 1.57. The van der Waals surface area contributed by atoms with Crippen LogP contribution in [0.25, 0.3) is 0 Å². The van der Waals surface area contributed by atoms with E-state index in [2.05, 4.69) is 49.5 Å². The molecule has 2 nitrogen and oxygen atoms in total. The topological polar surface area (TPSA) is 21.3 Å². The van der Waals surface area contributed by atoms with Crippen molar-refractivity contribution in [1.82, 2.24) is 5.32 Å². The fourth-order valence-corrected chi connectivity index (χ4v) is 2.69. The monoisotopic (exact) mass is 277 g/mol. The third-order valence-corrected chi connectivity index (χ3v) is 3.64. The first-order valence-corrected chi connectivity index (χ1v) is 7.96. The van der Waals surface area contributed by atoms with Crippen LogP contribution in [-0.4, -0.2) is 26.8 Å². The van der Waals surface area contributed by atoms with Crippen molar-refractivity contribution < 1.29 is 4.74 Å². The molecule has 1 N–H and O–H groups in total. The molecule has 114 valence electrons. The number of nitrogens with one attached hydrogen (secondary N) is 1. The molecular weight excluding hydrogens is 246 g/mol. The summed E-state index contributed by atoms with van der Waals surface area (Å²) in [4.78, 5) is 0. The Balaban J connectivity index is 2.25. The number of hydrogen-bond donors (Lipinski definition) is 1. The molecule has 1 aromatic rings. The molecule has 0 aliphatic rings. The number of benzene rings is 1. The van der Waals surface area contributed by atoms with Gasteiger partial charge in [0.15, 0.2) is 0 Å². The van der Waals surface area contributed by atoms with E-state index in [4.69, 9.17) is 4.74 Å². The van der Waals surface area contributed by atoms with Crippen LogP contribution in [0.4, 0.5) is 0 Å². The van der Waals surface area contributed by atoms with Crippen molar-refractivity contribution in [3.05, 3.63) is 35.9 Å². The molecule has 0 radical (unpaired) electrons. The number of aryl methyl sites for hydroxylation is 1. The third kappa shape index (κ3) is 8.34. The third-order valence-electron chi connectivity index (χ3n) is 3.64. The molecule has 20 heavy (non-hydrogen) atoms. The predicted octanol–water partition coefficient (Wildman–Crippen LogP) is 3.91. The summed E-state index contributed by atoms with van der Waals surface area (Å²) in [6.07, 6.45) is 5.11. The van der Waals surface area contributed by atoms with Crippen LogP contribution in [0.5, 0.6) is 0 Å². The summed E-state index contributed by atoms with van der Waals surface area (Å²) in [7, 11) is 1.76. The van der Waals surface area contributed by atoms with Crippen molar-refractivity contribution in [1.29, 1.82) is 0 Å². The first-order valence-electron chi connectivity index (χ1n) is 7.96. The Labute approximate surface area is 124 Å². The number of methoxy groups -OCH3 is 1. The van der Waals surface area contributed by atoms with E-state index in [1.54, 1.807) is 7.11 Å². The molecule has 0 bridgehead atoms. The van der Waals surface area contributed by atoms with Gasteiger partial charge in [0.1, 0.15) is 0 Å². The molecule has 0 heterocycles. The minimum atomic E-state index is 0.779. The van der Waals surface area contributed by atoms with Gasteiger partial charge < -0.3 is 10.1 Å². The highest BCUT2D eigenvalue weighted by Gasteiger charge is 2.10. The van der Waals surface area contributed by atoms with E-state index in [1.165, 1.54) is 31.2 Å². The van der Waals surface area contributed by atoms with Gasteiger partial charge in [-0.15, -0.1) is 0 Å². The van der Waals surface area contributed by atoms with E-state index >= 15 is 0 Å². The summed E-state index contributed by atoms with van der Waals surface area (Å²) in [6.45, 7) is 7.53. The first-order chi connectivity index (χ1) is 9.72. The van der Waals surface area contributed by atoms with Crippen molar-refractivity contribution in [2.24, 2.45) is 11.8 Å². The van der Waals surface area contributed by atoms with Gasteiger partial charge in [-0.05, 0) is 49.6 Å².